The summed E-state index contributed by atoms with van der Waals surface area (Å²) in [4.78, 5) is 21.8. The summed E-state index contributed by atoms with van der Waals surface area (Å²) < 4.78 is 4.37. The fourth-order valence-corrected chi connectivity index (χ4v) is 2.37. The van der Waals surface area contributed by atoms with Gasteiger partial charge < -0.3 is 10.1 Å². The van der Waals surface area contributed by atoms with E-state index in [4.69, 9.17) is 0 Å². The number of nitrogens with one attached hydrogen (secondary N) is 1. The Balaban J connectivity index is 1.76. The summed E-state index contributed by atoms with van der Waals surface area (Å²) in [6.07, 6.45) is -0.643. The third-order valence-corrected chi connectivity index (χ3v) is 3.27. The molecule has 0 aliphatic carbocycles. The number of hydrogen-bond acceptors (Lipinski definition) is 4. The SMILES string of the molecule is O=C1N[C@@H](CSCc2ccccc2)C(=O)O1. The average Bonchev–Trinajstić information content (AvgIpc) is 2.59. The zero-order valence-corrected chi connectivity index (χ0v) is 9.33. The van der Waals surface area contributed by atoms with Crippen molar-refractivity contribution in [2.45, 2.75) is 11.8 Å². The lowest BCUT2D eigenvalue weighted by Gasteiger charge is -2.05. The van der Waals surface area contributed by atoms with E-state index in [0.717, 1.165) is 5.75 Å². The average molecular weight is 237 g/mol. The summed E-state index contributed by atoms with van der Waals surface area (Å²) >= 11 is 1.59. The fraction of sp³-hybridized carbons (Fsp3) is 0.273. The summed E-state index contributed by atoms with van der Waals surface area (Å²) in [5.41, 5.74) is 1.20. The first kappa shape index (κ1) is 11.0. The summed E-state index contributed by atoms with van der Waals surface area (Å²) in [5.74, 6) is 0.880. The molecule has 1 amide bonds. The number of alkyl carbamates (subject to hydrolysis) is 1. The maximum Gasteiger partial charge on any atom is 0.415 e. The summed E-state index contributed by atoms with van der Waals surface area (Å²) in [5, 5.41) is 2.46. The molecule has 4 nitrogen and oxygen atoms in total. The topological polar surface area (TPSA) is 55.4 Å². The quantitative estimate of drug-likeness (QED) is 0.637. The van der Waals surface area contributed by atoms with Crippen molar-refractivity contribution >= 4 is 23.8 Å². The van der Waals surface area contributed by atoms with Gasteiger partial charge >= 0.3 is 12.1 Å². The molecule has 1 atom stereocenters. The van der Waals surface area contributed by atoms with Crippen LogP contribution in [0.4, 0.5) is 4.79 Å². The third-order valence-electron chi connectivity index (χ3n) is 2.17. The monoisotopic (exact) mass is 237 g/mol. The van der Waals surface area contributed by atoms with Crippen molar-refractivity contribution in [1.29, 1.82) is 0 Å². The minimum Gasteiger partial charge on any atom is -0.375 e. The van der Waals surface area contributed by atoms with Crippen LogP contribution in [-0.4, -0.2) is 23.9 Å². The second-order valence-corrected chi connectivity index (χ2v) is 4.44. The predicted octanol–water partition coefficient (Wildman–Crippen LogP) is 1.55. The molecule has 1 aromatic carbocycles. The van der Waals surface area contributed by atoms with Crippen molar-refractivity contribution in [3.8, 4) is 0 Å². The van der Waals surface area contributed by atoms with E-state index in [0.29, 0.717) is 5.75 Å². The highest BCUT2D eigenvalue weighted by atomic mass is 32.2. The van der Waals surface area contributed by atoms with Gasteiger partial charge in [-0.3, -0.25) is 0 Å². The van der Waals surface area contributed by atoms with Gasteiger partial charge in [-0.25, -0.2) is 9.59 Å². The first-order valence-electron chi connectivity index (χ1n) is 4.89. The molecule has 5 heteroatoms. The Labute approximate surface area is 97.4 Å². The zero-order chi connectivity index (χ0) is 11.4. The van der Waals surface area contributed by atoms with Crippen LogP contribution in [0, 0.1) is 0 Å². The Kier molecular flexibility index (Phi) is 3.46. The van der Waals surface area contributed by atoms with Crippen molar-refractivity contribution in [1.82, 2.24) is 5.32 Å². The van der Waals surface area contributed by atoms with Crippen molar-refractivity contribution < 1.29 is 14.3 Å². The van der Waals surface area contributed by atoms with Crippen molar-refractivity contribution in [2.24, 2.45) is 0 Å². The molecule has 0 radical (unpaired) electrons. The summed E-state index contributed by atoms with van der Waals surface area (Å²) in [7, 11) is 0. The van der Waals surface area contributed by atoms with Crippen LogP contribution in [0.2, 0.25) is 0 Å². The number of thioether (sulfide) groups is 1. The summed E-state index contributed by atoms with van der Waals surface area (Å²) in [6.45, 7) is 0. The van der Waals surface area contributed by atoms with E-state index >= 15 is 0 Å². The molecule has 1 N–H and O–H groups in total. The van der Waals surface area contributed by atoms with E-state index < -0.39 is 18.1 Å². The lowest BCUT2D eigenvalue weighted by Crippen LogP contribution is -2.31. The number of rotatable bonds is 4. The van der Waals surface area contributed by atoms with E-state index in [9.17, 15) is 9.59 Å². The van der Waals surface area contributed by atoms with Crippen LogP contribution in [0.15, 0.2) is 30.3 Å². The number of carbonyl (C=O) groups is 2. The fourth-order valence-electron chi connectivity index (χ4n) is 1.37. The highest BCUT2D eigenvalue weighted by Crippen LogP contribution is 2.14. The first-order chi connectivity index (χ1) is 7.75. The molecule has 0 bridgehead atoms. The smallest absolute Gasteiger partial charge is 0.375 e. The van der Waals surface area contributed by atoms with Gasteiger partial charge in [-0.15, -0.1) is 0 Å². The number of esters is 1. The van der Waals surface area contributed by atoms with Gasteiger partial charge in [-0.05, 0) is 5.56 Å². The molecule has 16 heavy (non-hydrogen) atoms. The van der Waals surface area contributed by atoms with Crippen molar-refractivity contribution in [3.63, 3.8) is 0 Å². The summed E-state index contributed by atoms with van der Waals surface area (Å²) in [6, 6.07) is 9.46. The van der Waals surface area contributed by atoms with E-state index in [1.165, 1.54) is 5.56 Å². The maximum atomic E-state index is 11.1. The zero-order valence-electron chi connectivity index (χ0n) is 8.51. The van der Waals surface area contributed by atoms with Crippen LogP contribution in [0.3, 0.4) is 0 Å². The molecule has 1 aromatic rings. The third kappa shape index (κ3) is 2.76. The molecule has 0 spiro atoms. The number of amides is 1. The maximum absolute atomic E-state index is 11.1. The molecule has 1 aliphatic heterocycles. The molecule has 1 aliphatic rings. The molecular formula is C11H11NO3S. The highest BCUT2D eigenvalue weighted by Gasteiger charge is 2.31. The second-order valence-electron chi connectivity index (χ2n) is 3.41. The normalized spacial score (nSPS) is 19.4. The van der Waals surface area contributed by atoms with E-state index in [-0.39, 0.29) is 0 Å². The van der Waals surface area contributed by atoms with Crippen LogP contribution < -0.4 is 5.32 Å². The lowest BCUT2D eigenvalue weighted by atomic mass is 10.2. The molecule has 0 unspecified atom stereocenters. The van der Waals surface area contributed by atoms with Crippen LogP contribution >= 0.6 is 11.8 Å². The van der Waals surface area contributed by atoms with Crippen molar-refractivity contribution in [3.05, 3.63) is 35.9 Å². The van der Waals surface area contributed by atoms with Gasteiger partial charge in [-0.1, -0.05) is 30.3 Å². The van der Waals surface area contributed by atoms with E-state index in [1.807, 2.05) is 30.3 Å². The van der Waals surface area contributed by atoms with Crippen LogP contribution in [0.5, 0.6) is 0 Å². The molecule has 1 heterocycles. The second kappa shape index (κ2) is 5.03. The standard InChI is InChI=1S/C11H11NO3S/c13-10-9(12-11(14)15-10)7-16-6-8-4-2-1-3-5-8/h1-5,9H,6-7H2,(H,12,14)/t9-/m0/s1. The van der Waals surface area contributed by atoms with Gasteiger partial charge in [0.25, 0.3) is 0 Å². The number of ether oxygens (including phenoxy) is 1. The van der Waals surface area contributed by atoms with Crippen LogP contribution in [0.25, 0.3) is 0 Å². The molecule has 1 fully saturated rings. The molecule has 0 aromatic heterocycles. The molecule has 84 valence electrons. The Bertz CT molecular complexity index is 393. The van der Waals surface area contributed by atoms with Crippen molar-refractivity contribution in [2.75, 3.05) is 5.75 Å². The minimum atomic E-state index is -0.643. The number of cyclic esters (lactones) is 2. The lowest BCUT2D eigenvalue weighted by molar-refractivity contribution is -0.134. The minimum absolute atomic E-state index is 0.481. The first-order valence-corrected chi connectivity index (χ1v) is 6.05. The van der Waals surface area contributed by atoms with Gasteiger partial charge in [0.1, 0.15) is 6.04 Å². The van der Waals surface area contributed by atoms with Gasteiger partial charge in [0.2, 0.25) is 0 Å². The molecule has 1 saturated heterocycles. The van der Waals surface area contributed by atoms with Gasteiger partial charge in [0.15, 0.2) is 0 Å². The van der Waals surface area contributed by atoms with Crippen LogP contribution in [-0.2, 0) is 15.3 Å². The van der Waals surface area contributed by atoms with Crippen LogP contribution in [0.1, 0.15) is 5.56 Å². The Morgan fingerprint density at radius 1 is 1.25 bits per heavy atom. The Hall–Kier alpha value is -1.49. The Morgan fingerprint density at radius 2 is 2.00 bits per heavy atom. The van der Waals surface area contributed by atoms with E-state index in [1.54, 1.807) is 11.8 Å². The molecule has 0 saturated carbocycles. The molecule has 2 rings (SSSR count). The predicted molar refractivity (Wildman–Crippen MR) is 61.0 cm³/mol. The highest BCUT2D eigenvalue weighted by molar-refractivity contribution is 7.98. The number of carbonyl (C=O) groups excluding carboxylic acids is 2. The molecular weight excluding hydrogens is 226 g/mol. The Morgan fingerprint density at radius 3 is 2.62 bits per heavy atom. The number of hydrogen-bond donors (Lipinski definition) is 1. The van der Waals surface area contributed by atoms with Gasteiger partial charge in [0.05, 0.1) is 0 Å². The van der Waals surface area contributed by atoms with Gasteiger partial charge in [-0.2, -0.15) is 11.8 Å². The van der Waals surface area contributed by atoms with E-state index in [2.05, 4.69) is 10.1 Å². The largest absolute Gasteiger partial charge is 0.415 e. The number of benzene rings is 1. The van der Waals surface area contributed by atoms with Gasteiger partial charge in [0, 0.05) is 11.5 Å².